The molecule has 1 aliphatic rings. The fraction of sp³-hybridized carbons (Fsp3) is 0.529. The van der Waals surface area contributed by atoms with E-state index in [1.807, 2.05) is 43.1 Å². The van der Waals surface area contributed by atoms with Crippen molar-refractivity contribution in [1.82, 2.24) is 15.5 Å². The summed E-state index contributed by atoms with van der Waals surface area (Å²) in [5.41, 5.74) is 1.06. The van der Waals surface area contributed by atoms with E-state index in [2.05, 4.69) is 15.6 Å². The lowest BCUT2D eigenvalue weighted by atomic mass is 10.2. The summed E-state index contributed by atoms with van der Waals surface area (Å²) in [5.74, 6) is 1.22. The minimum absolute atomic E-state index is 0. The number of carbonyl (C=O) groups is 1. The first-order valence-corrected chi connectivity index (χ1v) is 8.50. The van der Waals surface area contributed by atoms with Crippen LogP contribution >= 0.6 is 35.6 Å². The minimum atomic E-state index is 0. The Hall–Kier alpha value is -1.02. The molecule has 24 heavy (non-hydrogen) atoms. The third kappa shape index (κ3) is 6.84. The first-order valence-electron chi connectivity index (χ1n) is 8.12. The molecule has 2 rings (SSSR count). The lowest BCUT2D eigenvalue weighted by molar-refractivity contribution is -0.122. The number of benzene rings is 1. The molecule has 0 spiro atoms. The van der Waals surface area contributed by atoms with Gasteiger partial charge >= 0.3 is 0 Å². The van der Waals surface area contributed by atoms with Gasteiger partial charge in [0.15, 0.2) is 5.96 Å². The highest BCUT2D eigenvalue weighted by Crippen LogP contribution is 2.28. The molecule has 0 radical (unpaired) electrons. The Morgan fingerprint density at radius 2 is 2.04 bits per heavy atom. The molecule has 0 saturated heterocycles. The highest BCUT2D eigenvalue weighted by atomic mass is 127. The molecule has 5 nitrogen and oxygen atoms in total. The maximum absolute atomic E-state index is 11.6. The molecule has 1 aromatic rings. The summed E-state index contributed by atoms with van der Waals surface area (Å²) in [6.45, 7) is 4.64. The molecule has 0 aliphatic heterocycles. The predicted molar refractivity (Wildman–Crippen MR) is 110 cm³/mol. The van der Waals surface area contributed by atoms with Crippen molar-refractivity contribution in [1.29, 1.82) is 0 Å². The van der Waals surface area contributed by atoms with Crippen molar-refractivity contribution in [2.45, 2.75) is 26.3 Å². The van der Waals surface area contributed by atoms with Crippen LogP contribution in [0.5, 0.6) is 0 Å². The molecular formula is C17H26ClIN4O. The fourth-order valence-electron chi connectivity index (χ4n) is 2.26. The van der Waals surface area contributed by atoms with Gasteiger partial charge in [0, 0.05) is 37.6 Å². The van der Waals surface area contributed by atoms with Gasteiger partial charge in [-0.2, -0.15) is 0 Å². The fourth-order valence-corrected chi connectivity index (χ4v) is 2.45. The van der Waals surface area contributed by atoms with Crippen LogP contribution in [0.3, 0.4) is 0 Å². The summed E-state index contributed by atoms with van der Waals surface area (Å²) in [6, 6.07) is 7.81. The van der Waals surface area contributed by atoms with Crippen molar-refractivity contribution in [3.63, 3.8) is 0 Å². The molecule has 0 heterocycles. The van der Waals surface area contributed by atoms with E-state index in [0.29, 0.717) is 19.6 Å². The van der Waals surface area contributed by atoms with Gasteiger partial charge in [0.1, 0.15) is 0 Å². The summed E-state index contributed by atoms with van der Waals surface area (Å²) in [5, 5.41) is 6.95. The summed E-state index contributed by atoms with van der Waals surface area (Å²) < 4.78 is 0. The molecule has 1 aliphatic carbocycles. The highest BCUT2D eigenvalue weighted by Gasteiger charge is 2.28. The zero-order valence-electron chi connectivity index (χ0n) is 14.2. The van der Waals surface area contributed by atoms with Crippen LogP contribution in [0.1, 0.15) is 25.3 Å². The van der Waals surface area contributed by atoms with Crippen LogP contribution < -0.4 is 10.6 Å². The Balaban J connectivity index is 0.00000288. The quantitative estimate of drug-likeness (QED) is 0.282. The molecule has 0 aromatic heterocycles. The largest absolute Gasteiger partial charge is 0.357 e. The lowest BCUT2D eigenvalue weighted by Gasteiger charge is -2.22. The second kappa shape index (κ2) is 10.8. The number of rotatable bonds is 7. The first kappa shape index (κ1) is 21.0. The second-order valence-corrected chi connectivity index (χ2v) is 6.16. The molecule has 134 valence electrons. The van der Waals surface area contributed by atoms with Gasteiger partial charge in [-0.3, -0.25) is 9.79 Å². The van der Waals surface area contributed by atoms with Crippen LogP contribution in [0.25, 0.3) is 0 Å². The minimum Gasteiger partial charge on any atom is -0.357 e. The number of guanidine groups is 1. The number of aliphatic imine (C=N–C) groups is 1. The van der Waals surface area contributed by atoms with Gasteiger partial charge in [-0.05, 0) is 31.4 Å². The molecule has 0 bridgehead atoms. The number of nitrogens with one attached hydrogen (secondary N) is 2. The summed E-state index contributed by atoms with van der Waals surface area (Å²) >= 11 is 6.21. The Bertz CT molecular complexity index is 563. The zero-order valence-corrected chi connectivity index (χ0v) is 17.3. The van der Waals surface area contributed by atoms with Gasteiger partial charge in [-0.25, -0.2) is 0 Å². The van der Waals surface area contributed by atoms with E-state index >= 15 is 0 Å². The average molecular weight is 465 g/mol. The van der Waals surface area contributed by atoms with Crippen molar-refractivity contribution in [3.05, 3.63) is 34.9 Å². The molecule has 0 unspecified atom stereocenters. The third-order valence-corrected chi connectivity index (χ3v) is 4.05. The van der Waals surface area contributed by atoms with Crippen LogP contribution in [-0.2, 0) is 11.3 Å². The van der Waals surface area contributed by atoms with E-state index in [4.69, 9.17) is 11.6 Å². The van der Waals surface area contributed by atoms with Crippen molar-refractivity contribution in [3.8, 4) is 0 Å². The number of nitrogens with zero attached hydrogens (tertiary/aromatic N) is 2. The van der Waals surface area contributed by atoms with E-state index in [1.54, 1.807) is 0 Å². The Morgan fingerprint density at radius 1 is 1.33 bits per heavy atom. The van der Waals surface area contributed by atoms with Gasteiger partial charge in [0.25, 0.3) is 0 Å². The second-order valence-electron chi connectivity index (χ2n) is 5.75. The summed E-state index contributed by atoms with van der Waals surface area (Å²) in [6.07, 6.45) is 2.05. The SMILES string of the molecule is CCNC(=NCCNC(=O)C1CC1)N(C)Cc1ccccc1Cl.I. The standard InChI is InChI=1S/C17H25ClN4O.HI/c1-3-19-17(21-11-10-20-16(23)13-8-9-13)22(2)12-14-6-4-5-7-15(14)18;/h4-7,13H,3,8-12H2,1-2H3,(H,19,21)(H,20,23);1H. The van der Waals surface area contributed by atoms with E-state index in [0.717, 1.165) is 35.9 Å². The lowest BCUT2D eigenvalue weighted by Crippen LogP contribution is -2.39. The Labute approximate surface area is 166 Å². The first-order chi connectivity index (χ1) is 11.1. The molecule has 1 aromatic carbocycles. The smallest absolute Gasteiger partial charge is 0.223 e. The Kier molecular flexibility index (Phi) is 9.43. The Morgan fingerprint density at radius 3 is 2.67 bits per heavy atom. The number of halogens is 2. The summed E-state index contributed by atoms with van der Waals surface area (Å²) in [4.78, 5) is 18.2. The van der Waals surface area contributed by atoms with Gasteiger partial charge in [-0.15, -0.1) is 24.0 Å². The van der Waals surface area contributed by atoms with E-state index in [1.165, 1.54) is 0 Å². The van der Waals surface area contributed by atoms with Crippen LogP contribution in [-0.4, -0.2) is 43.4 Å². The van der Waals surface area contributed by atoms with Gasteiger partial charge in [-0.1, -0.05) is 29.8 Å². The monoisotopic (exact) mass is 464 g/mol. The van der Waals surface area contributed by atoms with E-state index in [9.17, 15) is 4.79 Å². The van der Waals surface area contributed by atoms with Gasteiger partial charge in [0.2, 0.25) is 5.91 Å². The third-order valence-electron chi connectivity index (χ3n) is 3.68. The highest BCUT2D eigenvalue weighted by molar-refractivity contribution is 14.0. The average Bonchev–Trinajstić information content (AvgIpc) is 3.37. The topological polar surface area (TPSA) is 56.7 Å². The predicted octanol–water partition coefficient (Wildman–Crippen LogP) is 2.88. The maximum Gasteiger partial charge on any atom is 0.223 e. The molecule has 2 N–H and O–H groups in total. The van der Waals surface area contributed by atoms with Gasteiger partial charge < -0.3 is 15.5 Å². The molecule has 1 saturated carbocycles. The van der Waals surface area contributed by atoms with Crippen molar-refractivity contribution < 1.29 is 4.79 Å². The van der Waals surface area contributed by atoms with Gasteiger partial charge in [0.05, 0.1) is 6.54 Å². The number of hydrogen-bond acceptors (Lipinski definition) is 2. The number of carbonyl (C=O) groups excluding carboxylic acids is 1. The van der Waals surface area contributed by atoms with Crippen molar-refractivity contribution in [2.24, 2.45) is 10.9 Å². The normalized spacial score (nSPS) is 13.9. The van der Waals surface area contributed by atoms with E-state index < -0.39 is 0 Å². The number of amides is 1. The molecule has 7 heteroatoms. The molecular weight excluding hydrogens is 439 g/mol. The van der Waals surface area contributed by atoms with Crippen LogP contribution in [0.2, 0.25) is 5.02 Å². The molecule has 1 amide bonds. The molecule has 1 fully saturated rings. The van der Waals surface area contributed by atoms with Crippen LogP contribution in [0, 0.1) is 5.92 Å². The zero-order chi connectivity index (χ0) is 16.7. The van der Waals surface area contributed by atoms with Crippen LogP contribution in [0.15, 0.2) is 29.3 Å². The van der Waals surface area contributed by atoms with E-state index in [-0.39, 0.29) is 35.8 Å². The van der Waals surface area contributed by atoms with Crippen LogP contribution in [0.4, 0.5) is 0 Å². The van der Waals surface area contributed by atoms with Crippen molar-refractivity contribution in [2.75, 3.05) is 26.7 Å². The van der Waals surface area contributed by atoms with Crippen molar-refractivity contribution >= 4 is 47.4 Å². The molecule has 0 atom stereocenters. The maximum atomic E-state index is 11.6. The summed E-state index contributed by atoms with van der Waals surface area (Å²) in [7, 11) is 1.98. The number of hydrogen-bond donors (Lipinski definition) is 2.